The maximum Gasteiger partial charge on any atom is 0.111 e. The molecule has 24 heavy (non-hydrogen) atoms. The molecule has 0 aliphatic heterocycles. The van der Waals surface area contributed by atoms with Crippen LogP contribution in [0.25, 0.3) is 0 Å². The fourth-order valence-electron chi connectivity index (χ4n) is 1.34. The minimum Gasteiger partial charge on any atom is -0.394 e. The summed E-state index contributed by atoms with van der Waals surface area (Å²) < 4.78 is 0. The quantitative estimate of drug-likeness (QED) is 0.173. The lowest BCUT2D eigenvalue weighted by Gasteiger charge is -2.24. The first-order valence-electron chi connectivity index (χ1n) is 6.96. The molecule has 0 fully saturated rings. The molecule has 12 N–H and O–H groups in total. The maximum atomic E-state index is 8.96. The number of hydrogen-bond donors (Lipinski definition) is 12. The second-order valence-corrected chi connectivity index (χ2v) is 4.96. The van der Waals surface area contributed by atoms with Crippen molar-refractivity contribution < 1.29 is 61.3 Å². The van der Waals surface area contributed by atoms with Gasteiger partial charge in [0, 0.05) is 0 Å². The molecular weight excluding hydrogens is 336 g/mol. The Morgan fingerprint density at radius 3 is 0.542 bits per heavy atom. The standard InChI is InChI=1S/2C6H14O6/c2*7-1-3(9)5(11)6(12)4(10)2-8/h2*3-12H,1-2H2/t2*3-,4-,5-,6+/m10/s1. The van der Waals surface area contributed by atoms with Gasteiger partial charge in [0.15, 0.2) is 0 Å². The maximum absolute atomic E-state index is 8.96. The molecule has 0 aromatic rings. The molecule has 12 heteroatoms. The third kappa shape index (κ3) is 9.12. The molecule has 0 heterocycles. The van der Waals surface area contributed by atoms with Crippen molar-refractivity contribution in [2.75, 3.05) is 26.4 Å². The first kappa shape index (κ1) is 25.8. The van der Waals surface area contributed by atoms with Gasteiger partial charge in [0.25, 0.3) is 0 Å². The van der Waals surface area contributed by atoms with Crippen molar-refractivity contribution in [3.05, 3.63) is 0 Å². The summed E-state index contributed by atoms with van der Waals surface area (Å²) in [7, 11) is 0. The first-order chi connectivity index (χ1) is 11.1. The predicted octanol–water partition coefficient (Wildman–Crippen LogP) is -7.17. The van der Waals surface area contributed by atoms with Crippen molar-refractivity contribution in [2.24, 2.45) is 0 Å². The van der Waals surface area contributed by atoms with E-state index in [1.165, 1.54) is 0 Å². The van der Waals surface area contributed by atoms with Crippen molar-refractivity contribution in [1.29, 1.82) is 0 Å². The highest BCUT2D eigenvalue weighted by Gasteiger charge is 2.30. The average molecular weight is 364 g/mol. The fraction of sp³-hybridized carbons (Fsp3) is 1.00. The number of rotatable bonds is 10. The SMILES string of the molecule is OC[C@@H](O)[C@H](O)[C@H](O)[C@H](O)CO.OC[C@H](O)[C@H](O)[C@H](O)[C@@H](O)CO. The van der Waals surface area contributed by atoms with E-state index in [9.17, 15) is 0 Å². The van der Waals surface area contributed by atoms with Gasteiger partial charge in [-0.1, -0.05) is 0 Å². The molecule has 0 aliphatic carbocycles. The summed E-state index contributed by atoms with van der Waals surface area (Å²) in [6.45, 7) is -2.90. The predicted molar refractivity (Wildman–Crippen MR) is 76.4 cm³/mol. The van der Waals surface area contributed by atoms with Crippen LogP contribution < -0.4 is 0 Å². The molecule has 0 unspecified atom stereocenters. The lowest BCUT2D eigenvalue weighted by molar-refractivity contribution is -0.123. The number of aliphatic hydroxyl groups is 12. The van der Waals surface area contributed by atoms with Gasteiger partial charge in [0.05, 0.1) is 26.4 Å². The van der Waals surface area contributed by atoms with Gasteiger partial charge in [-0.25, -0.2) is 0 Å². The van der Waals surface area contributed by atoms with E-state index in [1.807, 2.05) is 0 Å². The summed E-state index contributed by atoms with van der Waals surface area (Å²) in [5.41, 5.74) is 0. The molecule has 0 saturated heterocycles. The Morgan fingerprint density at radius 1 is 0.333 bits per heavy atom. The highest BCUT2D eigenvalue weighted by atomic mass is 16.4. The monoisotopic (exact) mass is 364 g/mol. The van der Waals surface area contributed by atoms with Crippen LogP contribution in [-0.2, 0) is 0 Å². The molecule has 0 amide bonds. The van der Waals surface area contributed by atoms with Gasteiger partial charge in [0.2, 0.25) is 0 Å². The Morgan fingerprint density at radius 2 is 0.458 bits per heavy atom. The smallest absolute Gasteiger partial charge is 0.111 e. The van der Waals surface area contributed by atoms with Crippen molar-refractivity contribution in [3.8, 4) is 0 Å². The second kappa shape index (κ2) is 13.8. The van der Waals surface area contributed by atoms with Crippen molar-refractivity contribution in [3.63, 3.8) is 0 Å². The van der Waals surface area contributed by atoms with Crippen molar-refractivity contribution in [1.82, 2.24) is 0 Å². The Balaban J connectivity index is 0. The summed E-state index contributed by atoms with van der Waals surface area (Å²) in [5.74, 6) is 0. The van der Waals surface area contributed by atoms with Crippen molar-refractivity contribution in [2.45, 2.75) is 48.8 Å². The van der Waals surface area contributed by atoms with Gasteiger partial charge < -0.3 is 61.3 Å². The molecule has 0 radical (unpaired) electrons. The van der Waals surface area contributed by atoms with Gasteiger partial charge >= 0.3 is 0 Å². The van der Waals surface area contributed by atoms with Crippen LogP contribution in [0.15, 0.2) is 0 Å². The van der Waals surface area contributed by atoms with Crippen LogP contribution in [0, 0.1) is 0 Å². The van der Waals surface area contributed by atoms with Gasteiger partial charge in [0.1, 0.15) is 48.8 Å². The lowest BCUT2D eigenvalue weighted by atomic mass is 10.0. The zero-order chi connectivity index (χ0) is 19.4. The summed E-state index contributed by atoms with van der Waals surface area (Å²) >= 11 is 0. The van der Waals surface area contributed by atoms with Crippen LogP contribution in [0.5, 0.6) is 0 Å². The van der Waals surface area contributed by atoms with Crippen LogP contribution >= 0.6 is 0 Å². The summed E-state index contributed by atoms with van der Waals surface area (Å²) in [5, 5.41) is 104. The van der Waals surface area contributed by atoms with E-state index in [1.54, 1.807) is 0 Å². The molecule has 0 aliphatic rings. The molecule has 0 aromatic heterocycles. The van der Waals surface area contributed by atoms with Crippen LogP contribution in [0.2, 0.25) is 0 Å². The molecule has 0 rings (SSSR count). The zero-order valence-electron chi connectivity index (χ0n) is 12.8. The molecule has 148 valence electrons. The number of hydrogen-bond acceptors (Lipinski definition) is 12. The minimum atomic E-state index is -1.67. The summed E-state index contributed by atoms with van der Waals surface area (Å²) in [6.07, 6.45) is -12.8. The van der Waals surface area contributed by atoms with Crippen LogP contribution in [0.1, 0.15) is 0 Å². The van der Waals surface area contributed by atoms with E-state index in [-0.39, 0.29) is 0 Å². The third-order valence-electron chi connectivity index (χ3n) is 3.02. The Hall–Kier alpha value is -0.480. The minimum absolute atomic E-state index is 0.726. The molecule has 0 aromatic carbocycles. The van der Waals surface area contributed by atoms with E-state index in [2.05, 4.69) is 0 Å². The largest absolute Gasteiger partial charge is 0.394 e. The Labute approximate surface area is 137 Å². The summed E-state index contributed by atoms with van der Waals surface area (Å²) in [6, 6.07) is 0. The molecule has 0 saturated carbocycles. The number of aliphatic hydroxyl groups excluding tert-OH is 12. The first-order valence-corrected chi connectivity index (χ1v) is 6.96. The van der Waals surface area contributed by atoms with Crippen LogP contribution in [0.4, 0.5) is 0 Å². The molecule has 0 spiro atoms. The van der Waals surface area contributed by atoms with Crippen molar-refractivity contribution >= 4 is 0 Å². The van der Waals surface area contributed by atoms with E-state index in [0.29, 0.717) is 0 Å². The van der Waals surface area contributed by atoms with Crippen LogP contribution in [-0.4, -0.2) is 137 Å². The summed E-state index contributed by atoms with van der Waals surface area (Å²) in [4.78, 5) is 0. The topological polar surface area (TPSA) is 243 Å². The Kier molecular flexibility index (Phi) is 14.8. The van der Waals surface area contributed by atoms with Gasteiger partial charge in [-0.3, -0.25) is 0 Å². The normalized spacial score (nSPS) is 21.5. The second-order valence-electron chi connectivity index (χ2n) is 4.96. The van der Waals surface area contributed by atoms with E-state index in [4.69, 9.17) is 61.3 Å². The highest BCUT2D eigenvalue weighted by molar-refractivity contribution is 4.80. The molecule has 12 nitrogen and oxygen atoms in total. The van der Waals surface area contributed by atoms with Gasteiger partial charge in [-0.15, -0.1) is 0 Å². The molecular formula is C12H28O12. The zero-order valence-corrected chi connectivity index (χ0v) is 12.8. The third-order valence-corrected chi connectivity index (χ3v) is 3.02. The van der Waals surface area contributed by atoms with Crippen LogP contribution in [0.3, 0.4) is 0 Å². The lowest BCUT2D eigenvalue weighted by Crippen LogP contribution is -2.46. The van der Waals surface area contributed by atoms with E-state index in [0.717, 1.165) is 0 Å². The van der Waals surface area contributed by atoms with Gasteiger partial charge in [-0.2, -0.15) is 0 Å². The molecule has 8 atom stereocenters. The Bertz CT molecular complexity index is 237. The molecule has 0 bridgehead atoms. The fourth-order valence-corrected chi connectivity index (χ4v) is 1.34. The highest BCUT2D eigenvalue weighted by Crippen LogP contribution is 2.04. The average Bonchev–Trinajstić information content (AvgIpc) is 2.62. The van der Waals surface area contributed by atoms with E-state index < -0.39 is 75.3 Å². The van der Waals surface area contributed by atoms with Gasteiger partial charge in [-0.05, 0) is 0 Å². The van der Waals surface area contributed by atoms with E-state index >= 15 is 0 Å².